The van der Waals surface area contributed by atoms with Crippen molar-refractivity contribution in [3.05, 3.63) is 35.8 Å². The molecule has 1 N–H and O–H groups in total. The second kappa shape index (κ2) is 11.3. The summed E-state index contributed by atoms with van der Waals surface area (Å²) in [4.78, 5) is 40.0. The van der Waals surface area contributed by atoms with Gasteiger partial charge in [-0.3, -0.25) is 14.9 Å². The number of rotatable bonds is 9. The van der Waals surface area contributed by atoms with Gasteiger partial charge < -0.3 is 14.4 Å². The number of nitrogens with one attached hydrogen (secondary N) is 1. The van der Waals surface area contributed by atoms with Crippen LogP contribution in [0.3, 0.4) is 0 Å². The van der Waals surface area contributed by atoms with Crippen molar-refractivity contribution < 1.29 is 30.7 Å². The van der Waals surface area contributed by atoms with E-state index in [1.54, 1.807) is 34.6 Å². The van der Waals surface area contributed by atoms with Crippen LogP contribution in [0.5, 0.6) is 0 Å². The maximum absolute atomic E-state index is 13.2. The summed E-state index contributed by atoms with van der Waals surface area (Å²) in [5.74, 6) is -1.45. The van der Waals surface area contributed by atoms with Gasteiger partial charge in [-0.15, -0.1) is 0 Å². The first-order chi connectivity index (χ1) is 16.7. The minimum absolute atomic E-state index is 0.00263. The number of benzene rings is 1. The Morgan fingerprint density at radius 2 is 1.94 bits per heavy atom. The zero-order chi connectivity index (χ0) is 27.4. The van der Waals surface area contributed by atoms with E-state index in [1.165, 1.54) is 4.90 Å². The molecule has 7 nitrogen and oxygen atoms in total. The highest BCUT2D eigenvalue weighted by Crippen LogP contribution is 2.22. The maximum Gasteiger partial charge on any atom is 0.329 e. The van der Waals surface area contributed by atoms with Crippen molar-refractivity contribution in [2.45, 2.75) is 84.0 Å². The van der Waals surface area contributed by atoms with Gasteiger partial charge in [-0.2, -0.15) is 0 Å². The lowest BCUT2D eigenvalue weighted by atomic mass is 10.0. The molecule has 0 aromatic heterocycles. The van der Waals surface area contributed by atoms with Crippen LogP contribution < -0.4 is 5.32 Å². The molecule has 1 aromatic carbocycles. The Morgan fingerprint density at radius 3 is 2.55 bits per heavy atom. The lowest BCUT2D eigenvalue weighted by molar-refractivity contribution is -0.163. The average Bonchev–Trinajstić information content (AvgIpc) is 3.29. The van der Waals surface area contributed by atoms with E-state index in [2.05, 4.69) is 5.32 Å². The number of amides is 1. The fourth-order valence-corrected chi connectivity index (χ4v) is 3.47. The number of hydrogen-bond acceptors (Lipinski definition) is 6. The number of carbonyl (C=O) groups is 3. The van der Waals surface area contributed by atoms with Crippen LogP contribution in [-0.2, 0) is 30.3 Å². The molecule has 0 unspecified atom stereocenters. The Morgan fingerprint density at radius 1 is 1.26 bits per heavy atom. The van der Waals surface area contributed by atoms with E-state index in [9.17, 15) is 14.4 Å². The summed E-state index contributed by atoms with van der Waals surface area (Å²) in [7, 11) is 0. The van der Waals surface area contributed by atoms with Gasteiger partial charge in [0.25, 0.3) is 0 Å². The SMILES string of the molecule is [2H]c1c([2H])c([2H])c(CC[C@H](N[C@@H](C)C(=O)N2CCC[C@H]2C(=O)OC(C)(C)C)C(=O)OCC)c([2H])c1[2H]. The van der Waals surface area contributed by atoms with E-state index < -0.39 is 53.8 Å². The Labute approximate surface area is 192 Å². The highest BCUT2D eigenvalue weighted by atomic mass is 16.6. The first-order valence-corrected chi connectivity index (χ1v) is 10.7. The highest BCUT2D eigenvalue weighted by Gasteiger charge is 2.39. The van der Waals surface area contributed by atoms with Crippen molar-refractivity contribution in [3.8, 4) is 0 Å². The molecule has 0 saturated carbocycles. The predicted octanol–water partition coefficient (Wildman–Crippen LogP) is 2.86. The summed E-state index contributed by atoms with van der Waals surface area (Å²) in [6.45, 7) is 9.02. The zero-order valence-corrected chi connectivity index (χ0v) is 19.0. The van der Waals surface area contributed by atoms with Crippen molar-refractivity contribution in [1.29, 1.82) is 0 Å². The first-order valence-electron chi connectivity index (χ1n) is 13.2. The van der Waals surface area contributed by atoms with Crippen molar-refractivity contribution in [2.24, 2.45) is 0 Å². The Bertz CT molecular complexity index is 969. The molecule has 1 aromatic rings. The summed E-state index contributed by atoms with van der Waals surface area (Å²) >= 11 is 0. The topological polar surface area (TPSA) is 84.9 Å². The number of carbonyl (C=O) groups excluding carboxylic acids is 3. The fraction of sp³-hybridized carbons (Fsp3) is 0.625. The van der Waals surface area contributed by atoms with Gasteiger partial charge in [0.2, 0.25) is 5.91 Å². The van der Waals surface area contributed by atoms with Crippen LogP contribution >= 0.6 is 0 Å². The van der Waals surface area contributed by atoms with Gasteiger partial charge in [-0.1, -0.05) is 30.2 Å². The zero-order valence-electron chi connectivity index (χ0n) is 24.0. The number of nitrogens with zero attached hydrogens (tertiary/aromatic N) is 1. The lowest BCUT2D eigenvalue weighted by Gasteiger charge is -2.30. The second-order valence-electron chi connectivity index (χ2n) is 8.56. The first kappa shape index (κ1) is 18.2. The van der Waals surface area contributed by atoms with Crippen molar-refractivity contribution in [2.75, 3.05) is 13.2 Å². The smallest absolute Gasteiger partial charge is 0.329 e. The van der Waals surface area contributed by atoms with Crippen LogP contribution in [0.25, 0.3) is 0 Å². The van der Waals surface area contributed by atoms with E-state index in [0.717, 1.165) is 0 Å². The Hall–Kier alpha value is -2.41. The molecule has 1 saturated heterocycles. The molecule has 1 amide bonds. The van der Waals surface area contributed by atoms with Crippen LogP contribution in [0.4, 0.5) is 0 Å². The average molecular weight is 438 g/mol. The third kappa shape index (κ3) is 7.65. The predicted molar refractivity (Wildman–Crippen MR) is 118 cm³/mol. The molecule has 0 bridgehead atoms. The molecule has 1 aliphatic rings. The molecule has 1 aliphatic heterocycles. The van der Waals surface area contributed by atoms with Gasteiger partial charge in [-0.25, -0.2) is 4.79 Å². The van der Waals surface area contributed by atoms with Gasteiger partial charge in [-0.05, 0) is 65.9 Å². The number of hydrogen-bond donors (Lipinski definition) is 1. The molecule has 172 valence electrons. The number of esters is 2. The van der Waals surface area contributed by atoms with Crippen molar-refractivity contribution in [3.63, 3.8) is 0 Å². The minimum atomic E-state index is -0.968. The van der Waals surface area contributed by atoms with Gasteiger partial charge in [0.05, 0.1) is 19.5 Å². The summed E-state index contributed by atoms with van der Waals surface area (Å²) in [5, 5.41) is 2.96. The van der Waals surface area contributed by atoms with Crippen LogP contribution in [0.1, 0.15) is 66.3 Å². The molecular formula is C24H36N2O5. The standard InChI is InChI=1S/C24H36N2O5/c1-6-30-22(28)19(15-14-18-11-8-7-9-12-18)25-17(2)21(27)26-16-10-13-20(26)23(29)31-24(3,4)5/h7-9,11-12,17,19-20,25H,6,10,13-16H2,1-5H3/t17-,19-,20-/m0/s1/i7D,8D,9D,11D,12D. The van der Waals surface area contributed by atoms with E-state index in [-0.39, 0.29) is 43.0 Å². The molecule has 31 heavy (non-hydrogen) atoms. The fourth-order valence-electron chi connectivity index (χ4n) is 3.47. The molecule has 3 atom stereocenters. The molecule has 0 aliphatic carbocycles. The maximum atomic E-state index is 13.2. The molecule has 1 heterocycles. The largest absolute Gasteiger partial charge is 0.465 e. The molecule has 0 radical (unpaired) electrons. The van der Waals surface area contributed by atoms with E-state index in [1.807, 2.05) is 0 Å². The molecule has 2 rings (SSSR count). The number of likely N-dealkylation sites (tertiary alicyclic amines) is 1. The monoisotopic (exact) mass is 437 g/mol. The number of ether oxygens (including phenoxy) is 2. The lowest BCUT2D eigenvalue weighted by Crippen LogP contribution is -2.53. The second-order valence-corrected chi connectivity index (χ2v) is 8.56. The molecule has 0 spiro atoms. The summed E-state index contributed by atoms with van der Waals surface area (Å²) in [6, 6.07) is -4.55. The molecule has 1 fully saturated rings. The van der Waals surface area contributed by atoms with Crippen LogP contribution in [0, 0.1) is 0 Å². The van der Waals surface area contributed by atoms with Crippen LogP contribution in [0.15, 0.2) is 30.2 Å². The molecule has 7 heteroatoms. The minimum Gasteiger partial charge on any atom is -0.465 e. The van der Waals surface area contributed by atoms with Crippen molar-refractivity contribution >= 4 is 17.8 Å². The van der Waals surface area contributed by atoms with Crippen LogP contribution in [0.2, 0.25) is 0 Å². The van der Waals surface area contributed by atoms with Gasteiger partial charge in [0.1, 0.15) is 17.7 Å². The van der Waals surface area contributed by atoms with Gasteiger partial charge in [0.15, 0.2) is 0 Å². The van der Waals surface area contributed by atoms with Gasteiger partial charge >= 0.3 is 11.9 Å². The van der Waals surface area contributed by atoms with E-state index >= 15 is 0 Å². The summed E-state index contributed by atoms with van der Waals surface area (Å²) < 4.78 is 50.2. The third-order valence-corrected chi connectivity index (χ3v) is 4.84. The van der Waals surface area contributed by atoms with Crippen molar-refractivity contribution in [1.82, 2.24) is 10.2 Å². The Kier molecular flexibility index (Phi) is 6.62. The third-order valence-electron chi connectivity index (χ3n) is 4.84. The molecular weight excluding hydrogens is 396 g/mol. The normalized spacial score (nSPS) is 20.6. The highest BCUT2D eigenvalue weighted by molar-refractivity contribution is 5.88. The van der Waals surface area contributed by atoms with E-state index in [4.69, 9.17) is 16.3 Å². The van der Waals surface area contributed by atoms with Crippen LogP contribution in [-0.4, -0.2) is 59.6 Å². The Balaban J connectivity index is 2.18. The summed E-state index contributed by atoms with van der Waals surface area (Å²) in [6.07, 6.45) is 1.18. The van der Waals surface area contributed by atoms with Gasteiger partial charge in [0, 0.05) is 6.54 Å². The quantitative estimate of drug-likeness (QED) is 0.598. The van der Waals surface area contributed by atoms with E-state index in [0.29, 0.717) is 19.4 Å². The summed E-state index contributed by atoms with van der Waals surface area (Å²) in [5.41, 5.74) is -0.600.